The van der Waals surface area contributed by atoms with Gasteiger partial charge in [-0.25, -0.2) is 0 Å². The quantitative estimate of drug-likeness (QED) is 0.788. The molecule has 0 radical (unpaired) electrons. The summed E-state index contributed by atoms with van der Waals surface area (Å²) in [5, 5.41) is 2.69. The van der Waals surface area contributed by atoms with E-state index < -0.39 is 6.04 Å². The Bertz CT molecular complexity index is 487. The summed E-state index contributed by atoms with van der Waals surface area (Å²) in [5.74, 6) is -0.493. The topological polar surface area (TPSA) is 84.7 Å². The van der Waals surface area contributed by atoms with Crippen LogP contribution in [0.3, 0.4) is 0 Å². The molecule has 1 aromatic carbocycles. The Morgan fingerprint density at radius 3 is 2.48 bits per heavy atom. The van der Waals surface area contributed by atoms with Crippen molar-refractivity contribution in [3.8, 4) is 0 Å². The van der Waals surface area contributed by atoms with Gasteiger partial charge in [0.1, 0.15) is 6.04 Å². The fourth-order valence-corrected chi connectivity index (χ4v) is 1.94. The number of para-hydroxylation sites is 1. The first kappa shape index (κ1) is 17.1. The number of carbonyl (C=O) groups is 2. The van der Waals surface area contributed by atoms with Gasteiger partial charge in [0.05, 0.1) is 17.9 Å². The van der Waals surface area contributed by atoms with Gasteiger partial charge in [-0.2, -0.15) is 0 Å². The maximum atomic E-state index is 12.4. The van der Waals surface area contributed by atoms with Crippen molar-refractivity contribution in [1.82, 2.24) is 4.90 Å². The lowest BCUT2D eigenvalue weighted by atomic mass is 10.1. The number of nitrogens with one attached hydrogen (secondary N) is 1. The van der Waals surface area contributed by atoms with Crippen molar-refractivity contribution in [1.29, 1.82) is 0 Å². The highest BCUT2D eigenvalue weighted by Crippen LogP contribution is 2.17. The Hall–Kier alpha value is -1.92. The smallest absolute Gasteiger partial charge is 0.255 e. The molecule has 0 heterocycles. The van der Waals surface area contributed by atoms with E-state index in [1.54, 1.807) is 29.2 Å². The summed E-state index contributed by atoms with van der Waals surface area (Å²) >= 11 is 0. The van der Waals surface area contributed by atoms with Crippen LogP contribution in [0, 0.1) is 0 Å². The number of rotatable bonds is 7. The second-order valence-electron chi connectivity index (χ2n) is 4.57. The number of carbonyl (C=O) groups excluding carboxylic acids is 2. The van der Waals surface area contributed by atoms with Crippen molar-refractivity contribution in [3.05, 3.63) is 29.8 Å². The van der Waals surface area contributed by atoms with Gasteiger partial charge in [-0.1, -0.05) is 12.1 Å². The molecule has 0 saturated heterocycles. The highest BCUT2D eigenvalue weighted by molar-refractivity contribution is 6.04. The van der Waals surface area contributed by atoms with E-state index in [0.717, 1.165) is 0 Å². The molecule has 1 atom stereocenters. The molecule has 116 valence electrons. The van der Waals surface area contributed by atoms with E-state index in [4.69, 9.17) is 10.5 Å². The van der Waals surface area contributed by atoms with Gasteiger partial charge in [-0.05, 0) is 26.0 Å². The minimum Gasteiger partial charge on any atom is -0.383 e. The number of hydrogen-bond acceptors (Lipinski definition) is 4. The molecule has 1 rings (SSSR count). The van der Waals surface area contributed by atoms with Crippen LogP contribution in [-0.4, -0.2) is 49.6 Å². The minimum atomic E-state index is -0.772. The molecule has 0 bridgehead atoms. The van der Waals surface area contributed by atoms with Gasteiger partial charge >= 0.3 is 0 Å². The fourth-order valence-electron chi connectivity index (χ4n) is 1.94. The summed E-state index contributed by atoms with van der Waals surface area (Å²) in [4.78, 5) is 26.1. The summed E-state index contributed by atoms with van der Waals surface area (Å²) in [6.45, 7) is 5.17. The SMILES string of the molecule is CCN(CC)C(=O)c1ccccc1NC(=O)C(N)COC. The van der Waals surface area contributed by atoms with Crippen molar-refractivity contribution in [3.63, 3.8) is 0 Å². The average molecular weight is 293 g/mol. The van der Waals surface area contributed by atoms with Crippen molar-refractivity contribution >= 4 is 17.5 Å². The zero-order valence-corrected chi connectivity index (χ0v) is 12.8. The van der Waals surface area contributed by atoms with Gasteiger partial charge in [0, 0.05) is 20.2 Å². The maximum Gasteiger partial charge on any atom is 0.255 e. The van der Waals surface area contributed by atoms with Crippen LogP contribution in [-0.2, 0) is 9.53 Å². The largest absolute Gasteiger partial charge is 0.383 e. The number of ether oxygens (including phenoxy) is 1. The van der Waals surface area contributed by atoms with E-state index in [2.05, 4.69) is 5.32 Å². The highest BCUT2D eigenvalue weighted by Gasteiger charge is 2.19. The zero-order valence-electron chi connectivity index (χ0n) is 12.8. The number of anilines is 1. The molecule has 6 nitrogen and oxygen atoms in total. The molecule has 21 heavy (non-hydrogen) atoms. The molecular weight excluding hydrogens is 270 g/mol. The Kier molecular flexibility index (Phi) is 6.84. The lowest BCUT2D eigenvalue weighted by Gasteiger charge is -2.21. The molecule has 0 aliphatic rings. The predicted octanol–water partition coefficient (Wildman–Crippen LogP) is 1.08. The van der Waals surface area contributed by atoms with E-state index in [1.165, 1.54) is 7.11 Å². The summed E-state index contributed by atoms with van der Waals surface area (Å²) in [6, 6.07) is 6.14. The summed E-state index contributed by atoms with van der Waals surface area (Å²) in [7, 11) is 1.48. The first-order chi connectivity index (χ1) is 10.0. The van der Waals surface area contributed by atoms with Crippen LogP contribution in [0.15, 0.2) is 24.3 Å². The van der Waals surface area contributed by atoms with Crippen molar-refractivity contribution < 1.29 is 14.3 Å². The second kappa shape index (κ2) is 8.39. The van der Waals surface area contributed by atoms with Gasteiger partial charge in [0.25, 0.3) is 5.91 Å². The fraction of sp³-hybridized carbons (Fsp3) is 0.467. The maximum absolute atomic E-state index is 12.4. The number of hydrogen-bond donors (Lipinski definition) is 2. The Morgan fingerprint density at radius 2 is 1.90 bits per heavy atom. The monoisotopic (exact) mass is 293 g/mol. The third kappa shape index (κ3) is 4.54. The lowest BCUT2D eigenvalue weighted by Crippen LogP contribution is -2.39. The number of benzene rings is 1. The van der Waals surface area contributed by atoms with Crippen LogP contribution in [0.4, 0.5) is 5.69 Å². The third-order valence-electron chi connectivity index (χ3n) is 3.15. The first-order valence-electron chi connectivity index (χ1n) is 6.98. The van der Waals surface area contributed by atoms with Gasteiger partial charge in [-0.15, -0.1) is 0 Å². The Labute approximate surface area is 125 Å². The van der Waals surface area contributed by atoms with E-state index in [1.807, 2.05) is 13.8 Å². The van der Waals surface area contributed by atoms with Crippen LogP contribution in [0.1, 0.15) is 24.2 Å². The van der Waals surface area contributed by atoms with E-state index in [-0.39, 0.29) is 18.4 Å². The molecule has 6 heteroatoms. The van der Waals surface area contributed by atoms with Gasteiger partial charge < -0.3 is 20.7 Å². The lowest BCUT2D eigenvalue weighted by molar-refractivity contribution is -0.118. The molecule has 0 spiro atoms. The van der Waals surface area contributed by atoms with E-state index >= 15 is 0 Å². The van der Waals surface area contributed by atoms with Crippen molar-refractivity contribution in [2.45, 2.75) is 19.9 Å². The van der Waals surface area contributed by atoms with Gasteiger partial charge in [0.15, 0.2) is 0 Å². The van der Waals surface area contributed by atoms with Crippen molar-refractivity contribution in [2.24, 2.45) is 5.73 Å². The van der Waals surface area contributed by atoms with Crippen LogP contribution in [0.5, 0.6) is 0 Å². The molecule has 0 aliphatic carbocycles. The van der Waals surface area contributed by atoms with Gasteiger partial charge in [-0.3, -0.25) is 9.59 Å². The minimum absolute atomic E-state index is 0.115. The Morgan fingerprint density at radius 1 is 1.29 bits per heavy atom. The molecule has 2 amide bonds. The zero-order chi connectivity index (χ0) is 15.8. The van der Waals surface area contributed by atoms with E-state index in [9.17, 15) is 9.59 Å². The standard InChI is InChI=1S/C15H23N3O3/c1-4-18(5-2)15(20)11-8-6-7-9-13(11)17-14(19)12(16)10-21-3/h6-9,12H,4-5,10,16H2,1-3H3,(H,17,19). The Balaban J connectivity index is 2.94. The summed E-state index contributed by atoms with van der Waals surface area (Å²) < 4.78 is 4.85. The van der Waals surface area contributed by atoms with Gasteiger partial charge in [0.2, 0.25) is 5.91 Å². The molecule has 0 aliphatic heterocycles. The number of methoxy groups -OCH3 is 1. The molecule has 1 aromatic rings. The molecule has 1 unspecified atom stereocenters. The number of nitrogens with two attached hydrogens (primary N) is 1. The highest BCUT2D eigenvalue weighted by atomic mass is 16.5. The van der Waals surface area contributed by atoms with Crippen LogP contribution >= 0.6 is 0 Å². The van der Waals surface area contributed by atoms with Crippen LogP contribution in [0.2, 0.25) is 0 Å². The first-order valence-corrected chi connectivity index (χ1v) is 6.98. The molecule has 0 saturated carbocycles. The molecule has 0 aromatic heterocycles. The number of amides is 2. The van der Waals surface area contributed by atoms with Crippen LogP contribution in [0.25, 0.3) is 0 Å². The van der Waals surface area contributed by atoms with Crippen LogP contribution < -0.4 is 11.1 Å². The van der Waals surface area contributed by atoms with E-state index in [0.29, 0.717) is 24.3 Å². The molecular formula is C15H23N3O3. The van der Waals surface area contributed by atoms with Crippen molar-refractivity contribution in [2.75, 3.05) is 32.1 Å². The summed E-state index contributed by atoms with van der Waals surface area (Å²) in [6.07, 6.45) is 0. The number of nitrogens with zero attached hydrogens (tertiary/aromatic N) is 1. The second-order valence-corrected chi connectivity index (χ2v) is 4.57. The average Bonchev–Trinajstić information content (AvgIpc) is 2.49. The summed E-state index contributed by atoms with van der Waals surface area (Å²) in [5.41, 5.74) is 6.60. The molecule has 0 fully saturated rings. The molecule has 3 N–H and O–H groups in total. The third-order valence-corrected chi connectivity index (χ3v) is 3.15. The normalized spacial score (nSPS) is 11.8. The predicted molar refractivity (Wildman–Crippen MR) is 82.2 cm³/mol.